The van der Waals surface area contributed by atoms with Crippen LogP contribution < -0.4 is 10.7 Å². The van der Waals surface area contributed by atoms with E-state index in [-0.39, 0.29) is 29.7 Å². The molecule has 1 aromatic rings. The summed E-state index contributed by atoms with van der Waals surface area (Å²) in [5.41, 5.74) is 4.24. The van der Waals surface area contributed by atoms with Gasteiger partial charge in [-0.3, -0.25) is 9.59 Å². The normalized spacial score (nSPS) is 25.1. The van der Waals surface area contributed by atoms with Crippen molar-refractivity contribution in [2.75, 3.05) is 6.54 Å². The fraction of sp³-hybridized carbons (Fsp3) is 0.500. The first-order chi connectivity index (χ1) is 13.1. The molecule has 2 aliphatic heterocycles. The lowest BCUT2D eigenvalue weighted by atomic mass is 10.0. The molecule has 1 saturated heterocycles. The topological polar surface area (TPSA) is 64.7 Å². The molecule has 6 nitrogen and oxygen atoms in total. The van der Waals surface area contributed by atoms with E-state index in [1.165, 1.54) is 25.0 Å². The van der Waals surface area contributed by atoms with Crippen molar-refractivity contribution >= 4 is 11.8 Å². The van der Waals surface area contributed by atoms with Crippen molar-refractivity contribution < 1.29 is 14.0 Å². The molecule has 27 heavy (non-hydrogen) atoms. The summed E-state index contributed by atoms with van der Waals surface area (Å²) >= 11 is 0. The van der Waals surface area contributed by atoms with Crippen LogP contribution in [0.4, 0.5) is 4.39 Å². The summed E-state index contributed by atoms with van der Waals surface area (Å²) in [7, 11) is 0. The Kier molecular flexibility index (Phi) is 5.11. The van der Waals surface area contributed by atoms with Crippen molar-refractivity contribution in [2.24, 2.45) is 0 Å². The van der Waals surface area contributed by atoms with Crippen molar-refractivity contribution in [3.05, 3.63) is 48.0 Å². The lowest BCUT2D eigenvalue weighted by Gasteiger charge is -2.31. The van der Waals surface area contributed by atoms with Crippen molar-refractivity contribution in [3.63, 3.8) is 0 Å². The van der Waals surface area contributed by atoms with Crippen molar-refractivity contribution in [1.82, 2.24) is 20.7 Å². The summed E-state index contributed by atoms with van der Waals surface area (Å²) in [4.78, 5) is 26.5. The van der Waals surface area contributed by atoms with E-state index < -0.39 is 0 Å². The molecular weight excluding hydrogens is 347 g/mol. The van der Waals surface area contributed by atoms with E-state index in [0.29, 0.717) is 25.4 Å². The number of benzene rings is 1. The minimum absolute atomic E-state index is 0.0109. The first kappa shape index (κ1) is 18.0. The second-order valence-electron chi connectivity index (χ2n) is 7.52. The molecular formula is C20H25FN4O2. The zero-order valence-corrected chi connectivity index (χ0v) is 15.2. The van der Waals surface area contributed by atoms with Gasteiger partial charge in [0.1, 0.15) is 11.9 Å². The zero-order valence-electron chi connectivity index (χ0n) is 15.2. The molecule has 0 aromatic heterocycles. The minimum Gasteiger partial charge on any atom is -0.353 e. The molecule has 7 heteroatoms. The molecule has 144 valence electrons. The maximum Gasteiger partial charge on any atom is 0.250 e. The zero-order chi connectivity index (χ0) is 18.8. The van der Waals surface area contributed by atoms with Crippen molar-refractivity contribution in [2.45, 2.75) is 56.7 Å². The average molecular weight is 372 g/mol. The maximum atomic E-state index is 13.1. The molecule has 2 heterocycles. The quantitative estimate of drug-likeness (QED) is 0.832. The third-order valence-electron chi connectivity index (χ3n) is 5.65. The number of nitrogens with one attached hydrogen (secondary N) is 2. The number of carbonyl (C=O) groups excluding carboxylic acids is 2. The molecule has 2 fully saturated rings. The molecule has 1 saturated carbocycles. The summed E-state index contributed by atoms with van der Waals surface area (Å²) < 4.78 is 13.1. The van der Waals surface area contributed by atoms with Gasteiger partial charge in [0.25, 0.3) is 5.91 Å². The summed E-state index contributed by atoms with van der Waals surface area (Å²) in [6.45, 7) is 0.388. The predicted octanol–water partition coefficient (Wildman–Crippen LogP) is 2.21. The number of amides is 2. The van der Waals surface area contributed by atoms with Crippen LogP contribution in [0.15, 0.2) is 36.7 Å². The lowest BCUT2D eigenvalue weighted by Crippen LogP contribution is -2.48. The van der Waals surface area contributed by atoms with Crippen LogP contribution in [-0.2, 0) is 9.59 Å². The van der Waals surface area contributed by atoms with Crippen LogP contribution in [0.3, 0.4) is 0 Å². The molecule has 2 atom stereocenters. The number of hydrogen-bond donors (Lipinski definition) is 2. The van der Waals surface area contributed by atoms with E-state index in [1.807, 2.05) is 11.2 Å². The Balaban J connectivity index is 1.32. The van der Waals surface area contributed by atoms with Gasteiger partial charge in [-0.2, -0.15) is 0 Å². The molecule has 3 aliphatic rings. The lowest BCUT2D eigenvalue weighted by molar-refractivity contribution is -0.134. The van der Waals surface area contributed by atoms with Crippen LogP contribution in [0.1, 0.15) is 50.1 Å². The fourth-order valence-electron chi connectivity index (χ4n) is 4.13. The van der Waals surface area contributed by atoms with E-state index in [0.717, 1.165) is 18.4 Å². The molecule has 0 spiro atoms. The summed E-state index contributed by atoms with van der Waals surface area (Å²) in [6, 6.07) is 6.31. The van der Waals surface area contributed by atoms with E-state index in [9.17, 15) is 14.0 Å². The largest absolute Gasteiger partial charge is 0.353 e. The summed E-state index contributed by atoms with van der Waals surface area (Å²) in [6.07, 6.45) is 8.96. The number of hydrogen-bond acceptors (Lipinski definition) is 4. The van der Waals surface area contributed by atoms with Gasteiger partial charge in [-0.25, -0.2) is 9.82 Å². The number of halogens is 1. The Morgan fingerprint density at radius 2 is 1.93 bits per heavy atom. The standard InChI is InChI=1S/C20H25FN4O2/c21-15-7-5-14(6-8-15)17-13-18-20(27)24(11-12-25(18)23-17)10-9-19(26)22-16-3-1-2-4-16/h5-8,11-12,16-18,23H,1-4,9-10,13H2,(H,22,26). The average Bonchev–Trinajstić information content (AvgIpc) is 3.32. The molecule has 0 bridgehead atoms. The Hall–Kier alpha value is -2.41. The Morgan fingerprint density at radius 3 is 2.67 bits per heavy atom. The summed E-state index contributed by atoms with van der Waals surface area (Å²) in [5, 5.41) is 4.87. The van der Waals surface area contributed by atoms with Crippen LogP contribution >= 0.6 is 0 Å². The molecule has 1 aromatic carbocycles. The number of fused-ring (bicyclic) bond motifs is 1. The predicted molar refractivity (Wildman–Crippen MR) is 98.4 cm³/mol. The third kappa shape index (κ3) is 3.98. The van der Waals surface area contributed by atoms with Gasteiger partial charge in [0.05, 0.1) is 6.04 Å². The van der Waals surface area contributed by atoms with Crippen LogP contribution in [0, 0.1) is 5.82 Å². The number of carbonyl (C=O) groups is 2. The SMILES string of the molecule is O=C(CCN1C=CN2NC(c3ccc(F)cc3)CC2C1=O)NC1CCCC1. The maximum absolute atomic E-state index is 13.1. The molecule has 2 N–H and O–H groups in total. The van der Waals surface area contributed by atoms with Crippen molar-refractivity contribution in [1.29, 1.82) is 0 Å². The first-order valence-electron chi connectivity index (χ1n) is 9.68. The summed E-state index contributed by atoms with van der Waals surface area (Å²) in [5.74, 6) is -0.268. The Bertz CT molecular complexity index is 730. The number of hydrazine groups is 1. The molecule has 2 unspecified atom stereocenters. The van der Waals surface area contributed by atoms with E-state index in [1.54, 1.807) is 23.2 Å². The van der Waals surface area contributed by atoms with Gasteiger partial charge in [-0.15, -0.1) is 0 Å². The van der Waals surface area contributed by atoms with Gasteiger partial charge in [-0.1, -0.05) is 25.0 Å². The highest BCUT2D eigenvalue weighted by Gasteiger charge is 2.39. The smallest absolute Gasteiger partial charge is 0.250 e. The number of rotatable bonds is 5. The van der Waals surface area contributed by atoms with Crippen LogP contribution in [0.25, 0.3) is 0 Å². The monoisotopic (exact) mass is 372 g/mol. The van der Waals surface area contributed by atoms with E-state index in [2.05, 4.69) is 10.7 Å². The Morgan fingerprint density at radius 1 is 1.19 bits per heavy atom. The Labute approximate surface area is 158 Å². The van der Waals surface area contributed by atoms with Gasteiger partial charge in [0.2, 0.25) is 5.91 Å². The van der Waals surface area contributed by atoms with E-state index >= 15 is 0 Å². The van der Waals surface area contributed by atoms with E-state index in [4.69, 9.17) is 0 Å². The second-order valence-corrected chi connectivity index (χ2v) is 7.52. The minimum atomic E-state index is -0.303. The molecule has 1 aliphatic carbocycles. The van der Waals surface area contributed by atoms with Gasteiger partial charge >= 0.3 is 0 Å². The van der Waals surface area contributed by atoms with Crippen molar-refractivity contribution in [3.8, 4) is 0 Å². The van der Waals surface area contributed by atoms with Gasteiger partial charge in [0, 0.05) is 31.4 Å². The molecule has 2 amide bonds. The van der Waals surface area contributed by atoms with Crippen LogP contribution in [0.5, 0.6) is 0 Å². The van der Waals surface area contributed by atoms with Gasteiger partial charge in [-0.05, 0) is 37.0 Å². The second kappa shape index (κ2) is 7.68. The highest BCUT2D eigenvalue weighted by Crippen LogP contribution is 2.30. The highest BCUT2D eigenvalue weighted by atomic mass is 19.1. The van der Waals surface area contributed by atoms with Crippen LogP contribution in [0.2, 0.25) is 0 Å². The fourth-order valence-corrected chi connectivity index (χ4v) is 4.13. The molecule has 4 rings (SSSR count). The van der Waals surface area contributed by atoms with Gasteiger partial charge < -0.3 is 15.2 Å². The highest BCUT2D eigenvalue weighted by molar-refractivity contribution is 5.85. The first-order valence-corrected chi connectivity index (χ1v) is 9.68. The van der Waals surface area contributed by atoms with Crippen LogP contribution in [-0.4, -0.2) is 40.4 Å². The molecule has 0 radical (unpaired) electrons. The van der Waals surface area contributed by atoms with Gasteiger partial charge in [0.15, 0.2) is 0 Å². The third-order valence-corrected chi connectivity index (χ3v) is 5.65. The number of nitrogens with zero attached hydrogens (tertiary/aromatic N) is 2.